The zero-order chi connectivity index (χ0) is 14.3. The molecular formula is C14H16ClF3N2O. The van der Waals surface area contributed by atoms with E-state index in [0.717, 1.165) is 19.2 Å². The Bertz CT molecular complexity index is 523. The van der Waals surface area contributed by atoms with Gasteiger partial charge >= 0.3 is 6.18 Å². The Morgan fingerprint density at radius 2 is 1.71 bits per heavy atom. The Labute approximate surface area is 126 Å². The largest absolute Gasteiger partial charge is 0.417 e. The Hall–Kier alpha value is -1.27. The molecule has 1 N–H and O–H groups in total. The van der Waals surface area contributed by atoms with Crippen molar-refractivity contribution < 1.29 is 18.0 Å². The summed E-state index contributed by atoms with van der Waals surface area (Å²) in [6.45, 7) is 2.77. The van der Waals surface area contributed by atoms with Gasteiger partial charge in [0.05, 0.1) is 11.1 Å². The number of hydrogen-bond donors (Lipinski definition) is 1. The number of halogens is 4. The van der Waals surface area contributed by atoms with Gasteiger partial charge in [-0.2, -0.15) is 13.2 Å². The van der Waals surface area contributed by atoms with Gasteiger partial charge in [0, 0.05) is 26.2 Å². The minimum Gasteiger partial charge on any atom is -0.338 e. The van der Waals surface area contributed by atoms with Gasteiger partial charge in [0.15, 0.2) is 0 Å². The van der Waals surface area contributed by atoms with E-state index in [1.165, 1.54) is 18.2 Å². The third kappa shape index (κ3) is 3.01. The number of amides is 1. The second kappa shape index (κ2) is 5.85. The monoisotopic (exact) mass is 320 g/mol. The van der Waals surface area contributed by atoms with E-state index >= 15 is 0 Å². The van der Waals surface area contributed by atoms with Crippen LogP contribution >= 0.6 is 12.4 Å². The highest BCUT2D eigenvalue weighted by Crippen LogP contribution is 2.34. The van der Waals surface area contributed by atoms with E-state index in [1.807, 2.05) is 0 Å². The summed E-state index contributed by atoms with van der Waals surface area (Å²) in [5.41, 5.74) is -1.09. The first-order chi connectivity index (χ1) is 9.47. The summed E-state index contributed by atoms with van der Waals surface area (Å²) in [6, 6.07) is 5.01. The van der Waals surface area contributed by atoms with Crippen molar-refractivity contribution in [3.8, 4) is 0 Å². The number of benzene rings is 1. The first-order valence-corrected chi connectivity index (χ1v) is 6.63. The maximum Gasteiger partial charge on any atom is 0.417 e. The number of carbonyl (C=O) groups is 1. The highest BCUT2D eigenvalue weighted by atomic mass is 35.5. The molecule has 0 spiro atoms. The molecule has 3 rings (SSSR count). The highest BCUT2D eigenvalue weighted by Gasteiger charge is 2.41. The van der Waals surface area contributed by atoms with Crippen LogP contribution in [0.25, 0.3) is 0 Å². The first-order valence-electron chi connectivity index (χ1n) is 6.63. The van der Waals surface area contributed by atoms with Crippen LogP contribution in [-0.4, -0.2) is 37.0 Å². The SMILES string of the molecule is Cl.O=C(c1ccccc1C(F)(F)F)N1C[C@H]2CNC[C@H]2C1. The molecule has 2 aliphatic heterocycles. The normalized spacial score (nSPS) is 24.6. The molecule has 1 aromatic rings. The van der Waals surface area contributed by atoms with E-state index in [0.29, 0.717) is 24.9 Å². The molecule has 2 heterocycles. The van der Waals surface area contributed by atoms with Gasteiger partial charge in [0.2, 0.25) is 0 Å². The molecule has 3 nitrogen and oxygen atoms in total. The number of nitrogens with one attached hydrogen (secondary N) is 1. The van der Waals surface area contributed by atoms with Crippen LogP contribution in [0.3, 0.4) is 0 Å². The topological polar surface area (TPSA) is 32.3 Å². The summed E-state index contributed by atoms with van der Waals surface area (Å²) < 4.78 is 38.8. The van der Waals surface area contributed by atoms with Gasteiger partial charge in [-0.25, -0.2) is 0 Å². The van der Waals surface area contributed by atoms with Crippen LogP contribution in [0.5, 0.6) is 0 Å². The quantitative estimate of drug-likeness (QED) is 0.862. The molecule has 2 aliphatic rings. The Kier molecular flexibility index (Phi) is 4.49. The second-order valence-corrected chi connectivity index (χ2v) is 5.43. The zero-order valence-electron chi connectivity index (χ0n) is 11.2. The van der Waals surface area contributed by atoms with E-state index in [4.69, 9.17) is 0 Å². The number of likely N-dealkylation sites (tertiary alicyclic amines) is 1. The van der Waals surface area contributed by atoms with E-state index in [9.17, 15) is 18.0 Å². The van der Waals surface area contributed by atoms with Crippen LogP contribution < -0.4 is 5.32 Å². The van der Waals surface area contributed by atoms with Crippen molar-refractivity contribution in [2.24, 2.45) is 11.8 Å². The van der Waals surface area contributed by atoms with Gasteiger partial charge < -0.3 is 10.2 Å². The molecule has 0 aromatic heterocycles. The van der Waals surface area contributed by atoms with E-state index in [-0.39, 0.29) is 18.0 Å². The summed E-state index contributed by atoms with van der Waals surface area (Å²) in [5.74, 6) is 0.237. The standard InChI is InChI=1S/C14H15F3N2O.ClH/c15-14(16,17)12-4-2-1-3-11(12)13(20)19-7-9-5-18-6-10(9)8-19;/h1-4,9-10,18H,5-8H2;1H/t9-,10+;. The van der Waals surface area contributed by atoms with Crippen molar-refractivity contribution in [2.75, 3.05) is 26.2 Å². The lowest BCUT2D eigenvalue weighted by atomic mass is 10.0. The maximum absolute atomic E-state index is 12.9. The lowest BCUT2D eigenvalue weighted by molar-refractivity contribution is -0.138. The summed E-state index contributed by atoms with van der Waals surface area (Å²) in [7, 11) is 0. The van der Waals surface area contributed by atoms with Gasteiger partial charge in [0.25, 0.3) is 5.91 Å². The van der Waals surface area contributed by atoms with Crippen LogP contribution in [0.1, 0.15) is 15.9 Å². The predicted octanol–water partition coefficient (Wildman–Crippen LogP) is 2.42. The Morgan fingerprint density at radius 1 is 1.14 bits per heavy atom. The molecule has 2 fully saturated rings. The zero-order valence-corrected chi connectivity index (χ0v) is 12.0. The lowest BCUT2D eigenvalue weighted by Crippen LogP contribution is -2.33. The van der Waals surface area contributed by atoms with Crippen LogP contribution in [0.15, 0.2) is 24.3 Å². The fourth-order valence-electron chi connectivity index (χ4n) is 3.11. The molecule has 21 heavy (non-hydrogen) atoms. The molecule has 0 saturated carbocycles. The smallest absolute Gasteiger partial charge is 0.338 e. The molecule has 116 valence electrons. The molecule has 0 unspecified atom stereocenters. The van der Waals surface area contributed by atoms with Crippen molar-refractivity contribution in [1.29, 1.82) is 0 Å². The minimum absolute atomic E-state index is 0. The number of rotatable bonds is 1. The van der Waals surface area contributed by atoms with Crippen molar-refractivity contribution in [1.82, 2.24) is 10.2 Å². The van der Waals surface area contributed by atoms with Gasteiger partial charge in [-0.3, -0.25) is 4.79 Å². The van der Waals surface area contributed by atoms with Crippen molar-refractivity contribution >= 4 is 18.3 Å². The van der Waals surface area contributed by atoms with E-state index in [2.05, 4.69) is 5.32 Å². The molecule has 2 saturated heterocycles. The van der Waals surface area contributed by atoms with E-state index < -0.39 is 17.6 Å². The van der Waals surface area contributed by atoms with Crippen LogP contribution in [0, 0.1) is 11.8 Å². The molecular weight excluding hydrogens is 305 g/mol. The van der Waals surface area contributed by atoms with Crippen molar-refractivity contribution in [3.63, 3.8) is 0 Å². The molecule has 0 radical (unpaired) electrons. The van der Waals surface area contributed by atoms with Crippen molar-refractivity contribution in [3.05, 3.63) is 35.4 Å². The minimum atomic E-state index is -4.50. The molecule has 0 aliphatic carbocycles. The average molecular weight is 321 g/mol. The summed E-state index contributed by atoms with van der Waals surface area (Å²) in [4.78, 5) is 13.9. The molecule has 1 aromatic carbocycles. The molecule has 0 bridgehead atoms. The van der Waals surface area contributed by atoms with Crippen LogP contribution in [-0.2, 0) is 6.18 Å². The van der Waals surface area contributed by atoms with Crippen molar-refractivity contribution in [2.45, 2.75) is 6.18 Å². The summed E-state index contributed by atoms with van der Waals surface area (Å²) in [6.07, 6.45) is -4.50. The molecule has 1 amide bonds. The summed E-state index contributed by atoms with van der Waals surface area (Å²) >= 11 is 0. The molecule has 2 atom stereocenters. The number of fused-ring (bicyclic) bond motifs is 1. The Balaban J connectivity index is 0.00000161. The van der Waals surface area contributed by atoms with Gasteiger partial charge in [-0.1, -0.05) is 12.1 Å². The fourth-order valence-corrected chi connectivity index (χ4v) is 3.11. The van der Waals surface area contributed by atoms with Gasteiger partial charge in [-0.15, -0.1) is 12.4 Å². The number of hydrogen-bond acceptors (Lipinski definition) is 2. The van der Waals surface area contributed by atoms with Crippen LogP contribution in [0.2, 0.25) is 0 Å². The third-order valence-electron chi connectivity index (χ3n) is 4.14. The fraction of sp³-hybridized carbons (Fsp3) is 0.500. The number of carbonyl (C=O) groups excluding carboxylic acids is 1. The van der Waals surface area contributed by atoms with Gasteiger partial charge in [-0.05, 0) is 24.0 Å². The maximum atomic E-state index is 12.9. The van der Waals surface area contributed by atoms with Crippen LogP contribution in [0.4, 0.5) is 13.2 Å². The lowest BCUT2D eigenvalue weighted by Gasteiger charge is -2.20. The van der Waals surface area contributed by atoms with Gasteiger partial charge in [0.1, 0.15) is 0 Å². The third-order valence-corrected chi connectivity index (χ3v) is 4.14. The second-order valence-electron chi connectivity index (χ2n) is 5.43. The number of nitrogens with zero attached hydrogens (tertiary/aromatic N) is 1. The first kappa shape index (κ1) is 16.1. The Morgan fingerprint density at radius 3 is 2.29 bits per heavy atom. The highest BCUT2D eigenvalue weighted by molar-refractivity contribution is 5.96. The summed E-state index contributed by atoms with van der Waals surface area (Å²) in [5, 5.41) is 3.24. The predicted molar refractivity (Wildman–Crippen MR) is 74.4 cm³/mol. The molecule has 7 heteroatoms. The number of alkyl halides is 3. The van der Waals surface area contributed by atoms with E-state index in [1.54, 1.807) is 4.90 Å². The average Bonchev–Trinajstić information content (AvgIpc) is 2.97.